The smallest absolute Gasteiger partial charge is 0.318 e. The molecule has 4 rings (SSSR count). The summed E-state index contributed by atoms with van der Waals surface area (Å²) in [5.74, 6) is -1.56. The number of anilines is 2. The Labute approximate surface area is 176 Å². The maximum Gasteiger partial charge on any atom is 0.318 e. The molecule has 30 heavy (non-hydrogen) atoms. The van der Waals surface area contributed by atoms with Crippen LogP contribution >= 0.6 is 0 Å². The number of hydrogen-bond donors (Lipinski definition) is 2. The average Bonchev–Trinajstić information content (AvgIpc) is 3.00. The van der Waals surface area contributed by atoms with Crippen molar-refractivity contribution < 1.29 is 23.9 Å². The van der Waals surface area contributed by atoms with Crippen LogP contribution in [0.25, 0.3) is 0 Å². The standard InChI is InChI=1S/C23H30N2O5/c1-2-30-21(27)19(15-6-4-3-5-7-15)20(26)24-16-8-9-17-18(14-16)25-22(28)23(17)10-12-29-13-11-23/h8-9,14-15,19H,2-7,10-13H2,1H3,(H,24,26)(H,25,28). The van der Waals surface area contributed by atoms with Gasteiger partial charge in [0.2, 0.25) is 11.8 Å². The Bertz CT molecular complexity index is 825. The van der Waals surface area contributed by atoms with Crippen molar-refractivity contribution in [2.24, 2.45) is 11.8 Å². The first-order valence-electron chi connectivity index (χ1n) is 11.1. The van der Waals surface area contributed by atoms with Gasteiger partial charge in [0.25, 0.3) is 0 Å². The summed E-state index contributed by atoms with van der Waals surface area (Å²) in [6.45, 7) is 3.14. The van der Waals surface area contributed by atoms with Gasteiger partial charge in [0.05, 0.1) is 12.0 Å². The summed E-state index contributed by atoms with van der Waals surface area (Å²) >= 11 is 0. The van der Waals surface area contributed by atoms with Crippen LogP contribution in [0.3, 0.4) is 0 Å². The molecule has 162 valence electrons. The highest BCUT2D eigenvalue weighted by Crippen LogP contribution is 2.45. The molecule has 7 nitrogen and oxygen atoms in total. The Morgan fingerprint density at radius 2 is 1.97 bits per heavy atom. The molecule has 2 fully saturated rings. The van der Waals surface area contributed by atoms with E-state index in [1.807, 2.05) is 12.1 Å². The van der Waals surface area contributed by atoms with Crippen LogP contribution in [0.4, 0.5) is 11.4 Å². The second-order valence-corrected chi connectivity index (χ2v) is 8.53. The van der Waals surface area contributed by atoms with Crippen molar-refractivity contribution in [3.05, 3.63) is 23.8 Å². The van der Waals surface area contributed by atoms with E-state index in [-0.39, 0.29) is 24.3 Å². The third kappa shape index (κ3) is 3.83. The molecule has 2 N–H and O–H groups in total. The molecule has 7 heteroatoms. The van der Waals surface area contributed by atoms with Crippen LogP contribution in [0, 0.1) is 11.8 Å². The predicted molar refractivity (Wildman–Crippen MR) is 112 cm³/mol. The van der Waals surface area contributed by atoms with E-state index >= 15 is 0 Å². The zero-order valence-electron chi connectivity index (χ0n) is 17.5. The SMILES string of the molecule is CCOC(=O)C(C(=O)Nc1ccc2c(c1)NC(=O)C21CCOCC1)C1CCCCC1. The Morgan fingerprint density at radius 3 is 2.67 bits per heavy atom. The zero-order chi connectivity index (χ0) is 21.1. The first-order chi connectivity index (χ1) is 14.5. The van der Waals surface area contributed by atoms with Gasteiger partial charge in [0.15, 0.2) is 0 Å². The summed E-state index contributed by atoms with van der Waals surface area (Å²) in [5, 5.41) is 5.87. The van der Waals surface area contributed by atoms with Gasteiger partial charge in [-0.15, -0.1) is 0 Å². The summed E-state index contributed by atoms with van der Waals surface area (Å²) in [6.07, 6.45) is 6.25. The maximum atomic E-state index is 13.1. The largest absolute Gasteiger partial charge is 0.465 e. The first-order valence-corrected chi connectivity index (χ1v) is 11.1. The molecule has 1 unspecified atom stereocenters. The van der Waals surface area contributed by atoms with Gasteiger partial charge in [0.1, 0.15) is 5.92 Å². The topological polar surface area (TPSA) is 93.7 Å². The molecule has 2 heterocycles. The number of benzene rings is 1. The Morgan fingerprint density at radius 1 is 1.23 bits per heavy atom. The van der Waals surface area contributed by atoms with Gasteiger partial charge in [-0.25, -0.2) is 0 Å². The molecule has 1 aliphatic carbocycles. The summed E-state index contributed by atoms with van der Waals surface area (Å²) in [4.78, 5) is 38.3. The van der Waals surface area contributed by atoms with Crippen LogP contribution in [-0.4, -0.2) is 37.6 Å². The molecule has 3 aliphatic rings. The third-order valence-electron chi connectivity index (χ3n) is 6.78. The molecular formula is C23H30N2O5. The minimum atomic E-state index is -0.796. The molecule has 1 saturated heterocycles. The number of esters is 1. The Hall–Kier alpha value is -2.41. The average molecular weight is 415 g/mol. The Kier molecular flexibility index (Phi) is 6.09. The van der Waals surface area contributed by atoms with Crippen LogP contribution in [0.15, 0.2) is 18.2 Å². The van der Waals surface area contributed by atoms with Crippen molar-refractivity contribution >= 4 is 29.2 Å². The summed E-state index contributed by atoms with van der Waals surface area (Å²) in [5.41, 5.74) is 1.73. The Balaban J connectivity index is 1.53. The number of amides is 2. The van der Waals surface area contributed by atoms with E-state index in [0.717, 1.165) is 43.4 Å². The molecule has 1 spiro atoms. The lowest BCUT2D eigenvalue weighted by Gasteiger charge is -2.31. The molecule has 0 radical (unpaired) electrons. The van der Waals surface area contributed by atoms with Gasteiger partial charge in [-0.2, -0.15) is 0 Å². The zero-order valence-corrected chi connectivity index (χ0v) is 17.5. The third-order valence-corrected chi connectivity index (χ3v) is 6.78. The summed E-state index contributed by atoms with van der Waals surface area (Å²) in [7, 11) is 0. The molecule has 0 aromatic heterocycles. The quantitative estimate of drug-likeness (QED) is 0.569. The molecule has 1 aromatic rings. The predicted octanol–water partition coefficient (Wildman–Crippen LogP) is 3.39. The number of nitrogens with one attached hydrogen (secondary N) is 2. The van der Waals surface area contributed by atoms with Crippen molar-refractivity contribution in [3.63, 3.8) is 0 Å². The van der Waals surface area contributed by atoms with Crippen molar-refractivity contribution in [1.29, 1.82) is 0 Å². The molecule has 2 aliphatic heterocycles. The van der Waals surface area contributed by atoms with Crippen LogP contribution in [0.1, 0.15) is 57.4 Å². The minimum absolute atomic E-state index is 0.00381. The van der Waals surface area contributed by atoms with E-state index in [2.05, 4.69) is 10.6 Å². The molecular weight excluding hydrogens is 384 g/mol. The molecule has 1 saturated carbocycles. The monoisotopic (exact) mass is 414 g/mol. The van der Waals surface area contributed by atoms with Gasteiger partial charge < -0.3 is 20.1 Å². The lowest BCUT2D eigenvalue weighted by Crippen LogP contribution is -2.39. The normalized spacial score (nSPS) is 21.6. The number of hydrogen-bond acceptors (Lipinski definition) is 5. The number of rotatable bonds is 5. The number of fused-ring (bicyclic) bond motifs is 2. The number of carbonyl (C=O) groups is 3. The van der Waals surface area contributed by atoms with Crippen molar-refractivity contribution in [2.75, 3.05) is 30.5 Å². The highest BCUT2D eigenvalue weighted by atomic mass is 16.5. The lowest BCUT2D eigenvalue weighted by atomic mass is 9.75. The van der Waals surface area contributed by atoms with Crippen LogP contribution in [0.2, 0.25) is 0 Å². The van der Waals surface area contributed by atoms with Crippen LogP contribution < -0.4 is 10.6 Å². The number of carbonyl (C=O) groups excluding carboxylic acids is 3. The minimum Gasteiger partial charge on any atom is -0.465 e. The second-order valence-electron chi connectivity index (χ2n) is 8.53. The van der Waals surface area contributed by atoms with Gasteiger partial charge in [-0.3, -0.25) is 14.4 Å². The highest BCUT2D eigenvalue weighted by molar-refractivity contribution is 6.08. The van der Waals surface area contributed by atoms with E-state index in [0.29, 0.717) is 31.7 Å². The summed E-state index contributed by atoms with van der Waals surface area (Å²) in [6, 6.07) is 5.52. The van der Waals surface area contributed by atoms with Gasteiger partial charge in [-0.1, -0.05) is 25.3 Å². The second kappa shape index (κ2) is 8.76. The fourth-order valence-electron chi connectivity index (χ4n) is 5.16. The van der Waals surface area contributed by atoms with Gasteiger partial charge in [0, 0.05) is 24.6 Å². The fraction of sp³-hybridized carbons (Fsp3) is 0.609. The van der Waals surface area contributed by atoms with Crippen molar-refractivity contribution in [1.82, 2.24) is 0 Å². The maximum absolute atomic E-state index is 13.1. The van der Waals surface area contributed by atoms with E-state index in [1.165, 1.54) is 0 Å². The molecule has 0 bridgehead atoms. The van der Waals surface area contributed by atoms with E-state index in [9.17, 15) is 14.4 Å². The summed E-state index contributed by atoms with van der Waals surface area (Å²) < 4.78 is 10.7. The van der Waals surface area contributed by atoms with Gasteiger partial charge in [-0.05, 0) is 56.2 Å². The molecule has 1 aromatic carbocycles. The van der Waals surface area contributed by atoms with E-state index in [4.69, 9.17) is 9.47 Å². The highest BCUT2D eigenvalue weighted by Gasteiger charge is 2.47. The van der Waals surface area contributed by atoms with Crippen LogP contribution in [0.5, 0.6) is 0 Å². The van der Waals surface area contributed by atoms with E-state index in [1.54, 1.807) is 13.0 Å². The van der Waals surface area contributed by atoms with Crippen molar-refractivity contribution in [3.8, 4) is 0 Å². The van der Waals surface area contributed by atoms with Crippen LogP contribution in [-0.2, 0) is 29.3 Å². The van der Waals surface area contributed by atoms with Gasteiger partial charge >= 0.3 is 5.97 Å². The molecule has 1 atom stereocenters. The number of ether oxygens (including phenoxy) is 2. The first kappa shape index (κ1) is 20.8. The van der Waals surface area contributed by atoms with Crippen molar-refractivity contribution in [2.45, 2.75) is 57.3 Å². The lowest BCUT2D eigenvalue weighted by molar-refractivity contribution is -0.153. The fourth-order valence-corrected chi connectivity index (χ4v) is 5.16. The van der Waals surface area contributed by atoms with E-state index < -0.39 is 17.3 Å². The molecule has 2 amide bonds.